The zero-order valence-electron chi connectivity index (χ0n) is 8.32. The SMILES string of the molecule is C.CC(C)C(=O)CCN1C(=O)C=CC1=O. The van der Waals surface area contributed by atoms with Gasteiger partial charge in [0.1, 0.15) is 5.78 Å². The highest BCUT2D eigenvalue weighted by Crippen LogP contribution is 2.06. The lowest BCUT2D eigenvalue weighted by atomic mass is 10.1. The Morgan fingerprint density at radius 1 is 1.27 bits per heavy atom. The van der Waals surface area contributed by atoms with Crippen LogP contribution in [0.4, 0.5) is 0 Å². The fourth-order valence-electron chi connectivity index (χ4n) is 1.16. The van der Waals surface area contributed by atoms with Crippen molar-refractivity contribution in [2.45, 2.75) is 27.7 Å². The van der Waals surface area contributed by atoms with Gasteiger partial charge >= 0.3 is 0 Å². The van der Waals surface area contributed by atoms with E-state index in [4.69, 9.17) is 0 Å². The van der Waals surface area contributed by atoms with Crippen molar-refractivity contribution in [3.63, 3.8) is 0 Å². The summed E-state index contributed by atoms with van der Waals surface area (Å²) >= 11 is 0. The van der Waals surface area contributed by atoms with Gasteiger partial charge in [-0.2, -0.15) is 0 Å². The van der Waals surface area contributed by atoms with Gasteiger partial charge in [-0.05, 0) is 0 Å². The van der Waals surface area contributed by atoms with Crippen molar-refractivity contribution in [3.8, 4) is 0 Å². The van der Waals surface area contributed by atoms with Gasteiger partial charge in [0.05, 0.1) is 0 Å². The molecule has 0 saturated heterocycles. The first kappa shape index (κ1) is 13.5. The van der Waals surface area contributed by atoms with Crippen molar-refractivity contribution in [2.24, 2.45) is 5.92 Å². The molecule has 0 N–H and O–H groups in total. The molecule has 0 unspecified atom stereocenters. The van der Waals surface area contributed by atoms with Gasteiger partial charge in [0.15, 0.2) is 0 Å². The van der Waals surface area contributed by atoms with Crippen LogP contribution < -0.4 is 0 Å². The molecule has 0 aromatic carbocycles. The number of nitrogens with zero attached hydrogens (tertiary/aromatic N) is 1. The van der Waals surface area contributed by atoms with Crippen LogP contribution in [0, 0.1) is 5.92 Å². The van der Waals surface area contributed by atoms with E-state index in [2.05, 4.69) is 0 Å². The standard InChI is InChI=1S/C10H13NO3.CH4/c1-7(2)8(12)5-6-11-9(13)3-4-10(11)14;/h3-4,7H,5-6H2,1-2H3;1H4. The molecule has 0 bridgehead atoms. The second kappa shape index (κ2) is 5.44. The van der Waals surface area contributed by atoms with E-state index in [1.807, 2.05) is 0 Å². The van der Waals surface area contributed by atoms with Crippen molar-refractivity contribution in [1.82, 2.24) is 4.90 Å². The largest absolute Gasteiger partial charge is 0.299 e. The van der Waals surface area contributed by atoms with Crippen molar-refractivity contribution in [2.75, 3.05) is 6.54 Å². The van der Waals surface area contributed by atoms with Crippen LogP contribution >= 0.6 is 0 Å². The molecular formula is C11H17NO3. The van der Waals surface area contributed by atoms with Crippen LogP contribution in [-0.4, -0.2) is 29.0 Å². The first-order valence-corrected chi connectivity index (χ1v) is 4.58. The predicted octanol–water partition coefficient (Wildman–Crippen LogP) is 1.16. The highest BCUT2D eigenvalue weighted by molar-refractivity contribution is 6.13. The number of carbonyl (C=O) groups excluding carboxylic acids is 3. The van der Waals surface area contributed by atoms with Gasteiger partial charge in [0.25, 0.3) is 11.8 Å². The molecule has 1 aliphatic heterocycles. The zero-order valence-corrected chi connectivity index (χ0v) is 8.32. The van der Waals surface area contributed by atoms with Crippen LogP contribution in [0.15, 0.2) is 12.2 Å². The normalized spacial score (nSPS) is 14.7. The van der Waals surface area contributed by atoms with Crippen molar-refractivity contribution in [1.29, 1.82) is 0 Å². The Hall–Kier alpha value is -1.45. The Morgan fingerprint density at radius 3 is 2.13 bits per heavy atom. The minimum atomic E-state index is -0.327. The summed E-state index contributed by atoms with van der Waals surface area (Å²) in [5.74, 6) is -0.633. The summed E-state index contributed by atoms with van der Waals surface area (Å²) < 4.78 is 0. The van der Waals surface area contributed by atoms with E-state index in [1.54, 1.807) is 13.8 Å². The number of Topliss-reactive ketones (excluding diaryl/α,β-unsaturated/α-hetero) is 1. The minimum absolute atomic E-state index is 0. The van der Waals surface area contributed by atoms with E-state index >= 15 is 0 Å². The predicted molar refractivity (Wildman–Crippen MR) is 57.1 cm³/mol. The molecule has 0 atom stereocenters. The smallest absolute Gasteiger partial charge is 0.253 e. The third-order valence-electron chi connectivity index (χ3n) is 2.13. The number of carbonyl (C=O) groups is 3. The molecule has 0 spiro atoms. The Morgan fingerprint density at radius 2 is 1.73 bits per heavy atom. The summed E-state index contributed by atoms with van der Waals surface area (Å²) in [6.07, 6.45) is 2.70. The van der Waals surface area contributed by atoms with E-state index < -0.39 is 0 Å². The molecular weight excluding hydrogens is 194 g/mol. The highest BCUT2D eigenvalue weighted by Gasteiger charge is 2.23. The van der Waals surface area contributed by atoms with Crippen molar-refractivity contribution >= 4 is 17.6 Å². The summed E-state index contributed by atoms with van der Waals surface area (Å²) in [6, 6.07) is 0. The first-order valence-electron chi connectivity index (χ1n) is 4.58. The summed E-state index contributed by atoms with van der Waals surface area (Å²) in [5.41, 5.74) is 0. The summed E-state index contributed by atoms with van der Waals surface area (Å²) in [5, 5.41) is 0. The van der Waals surface area contributed by atoms with Gasteiger partial charge in [-0.1, -0.05) is 21.3 Å². The lowest BCUT2D eigenvalue weighted by molar-refractivity contribution is -0.137. The van der Waals surface area contributed by atoms with Gasteiger partial charge in [0, 0.05) is 31.0 Å². The van der Waals surface area contributed by atoms with Gasteiger partial charge in [0.2, 0.25) is 0 Å². The zero-order chi connectivity index (χ0) is 10.7. The van der Waals surface area contributed by atoms with E-state index in [0.29, 0.717) is 0 Å². The Kier molecular flexibility index (Phi) is 4.91. The van der Waals surface area contributed by atoms with Crippen LogP contribution in [-0.2, 0) is 14.4 Å². The molecule has 0 saturated carbocycles. The lowest BCUT2D eigenvalue weighted by Gasteiger charge is -2.13. The summed E-state index contributed by atoms with van der Waals surface area (Å²) in [4.78, 5) is 34.5. The quantitative estimate of drug-likeness (QED) is 0.656. The van der Waals surface area contributed by atoms with Gasteiger partial charge in [-0.15, -0.1) is 0 Å². The third-order valence-corrected chi connectivity index (χ3v) is 2.13. The topological polar surface area (TPSA) is 54.5 Å². The Labute approximate surface area is 89.9 Å². The highest BCUT2D eigenvalue weighted by atomic mass is 16.2. The van der Waals surface area contributed by atoms with Gasteiger partial charge < -0.3 is 0 Å². The molecule has 0 fully saturated rings. The molecule has 1 aliphatic rings. The minimum Gasteiger partial charge on any atom is -0.299 e. The van der Waals surface area contributed by atoms with E-state index in [9.17, 15) is 14.4 Å². The first-order chi connectivity index (χ1) is 6.52. The molecule has 2 amide bonds. The summed E-state index contributed by atoms with van der Waals surface area (Å²) in [6.45, 7) is 3.80. The van der Waals surface area contributed by atoms with Crippen LogP contribution in [0.3, 0.4) is 0 Å². The third kappa shape index (κ3) is 3.31. The number of ketones is 1. The Bertz CT molecular complexity index is 287. The second-order valence-electron chi connectivity index (χ2n) is 3.53. The van der Waals surface area contributed by atoms with Crippen LogP contribution in [0.25, 0.3) is 0 Å². The van der Waals surface area contributed by atoms with Crippen molar-refractivity contribution in [3.05, 3.63) is 12.2 Å². The fourth-order valence-corrected chi connectivity index (χ4v) is 1.16. The maximum absolute atomic E-state index is 11.2. The molecule has 0 aromatic rings. The maximum atomic E-state index is 11.2. The number of amides is 2. The molecule has 1 rings (SSSR count). The molecule has 4 nitrogen and oxygen atoms in total. The number of hydrogen-bond acceptors (Lipinski definition) is 3. The molecule has 4 heteroatoms. The van der Waals surface area contributed by atoms with Crippen LogP contribution in [0.2, 0.25) is 0 Å². The van der Waals surface area contributed by atoms with Gasteiger partial charge in [-0.3, -0.25) is 19.3 Å². The molecule has 1 heterocycles. The molecule has 0 radical (unpaired) electrons. The van der Waals surface area contributed by atoms with E-state index in [0.717, 1.165) is 4.90 Å². The number of hydrogen-bond donors (Lipinski definition) is 0. The lowest BCUT2D eigenvalue weighted by Crippen LogP contribution is -2.32. The molecule has 15 heavy (non-hydrogen) atoms. The van der Waals surface area contributed by atoms with E-state index in [-0.39, 0.29) is 43.9 Å². The number of imide groups is 1. The average Bonchev–Trinajstić information content (AvgIpc) is 2.43. The average molecular weight is 211 g/mol. The monoisotopic (exact) mass is 211 g/mol. The van der Waals surface area contributed by atoms with Gasteiger partial charge in [-0.25, -0.2) is 0 Å². The fraction of sp³-hybridized carbons (Fsp3) is 0.545. The van der Waals surface area contributed by atoms with Crippen LogP contribution in [0.1, 0.15) is 27.7 Å². The van der Waals surface area contributed by atoms with Crippen molar-refractivity contribution < 1.29 is 14.4 Å². The summed E-state index contributed by atoms with van der Waals surface area (Å²) in [7, 11) is 0. The molecule has 0 aromatic heterocycles. The Balaban J connectivity index is 0.00000196. The number of rotatable bonds is 4. The maximum Gasteiger partial charge on any atom is 0.253 e. The molecule has 84 valence electrons. The van der Waals surface area contributed by atoms with Crippen LogP contribution in [0.5, 0.6) is 0 Å². The van der Waals surface area contributed by atoms with E-state index in [1.165, 1.54) is 12.2 Å². The second-order valence-corrected chi connectivity index (χ2v) is 3.53. The molecule has 0 aliphatic carbocycles.